The molecule has 166 valence electrons. The number of carbonyl (C=O) groups excluding carboxylic acids is 1. The molecular formula is C19H19ClF3N5O3. The molecule has 31 heavy (non-hydrogen) atoms. The van der Waals surface area contributed by atoms with E-state index in [1.54, 1.807) is 24.3 Å². The van der Waals surface area contributed by atoms with E-state index in [-0.39, 0.29) is 42.4 Å². The van der Waals surface area contributed by atoms with E-state index in [0.717, 1.165) is 24.9 Å². The highest BCUT2D eigenvalue weighted by molar-refractivity contribution is 6.30. The smallest absolute Gasteiger partial charge is 0.368 e. The van der Waals surface area contributed by atoms with E-state index in [1.165, 1.54) is 4.80 Å². The largest absolute Gasteiger partial charge is 0.522 e. The van der Waals surface area contributed by atoms with Gasteiger partial charge in [-0.05, 0) is 48.7 Å². The number of hydrogen-bond acceptors (Lipinski definition) is 6. The van der Waals surface area contributed by atoms with E-state index in [0.29, 0.717) is 10.8 Å². The maximum absolute atomic E-state index is 12.2. The highest BCUT2D eigenvalue weighted by atomic mass is 35.5. The van der Waals surface area contributed by atoms with Crippen LogP contribution in [0.5, 0.6) is 0 Å². The van der Waals surface area contributed by atoms with Gasteiger partial charge in [0.2, 0.25) is 5.91 Å². The maximum atomic E-state index is 12.2. The highest BCUT2D eigenvalue weighted by Crippen LogP contribution is 2.66. The molecule has 2 bridgehead atoms. The standard InChI is InChI=1S/C19H19ClF3N5O3/c20-11-1-3-12(4-2-11)28-26-16(25-27-28)17-8-18(9-17,10-17)24-15(29)7-30-13-5-14(6-13)31-19(21,22)23/h1-4,13-14H,5-10H2,(H,24,29). The number of rotatable bonds is 7. The normalized spacial score (nSPS) is 31.4. The molecular weight excluding hydrogens is 439 g/mol. The summed E-state index contributed by atoms with van der Waals surface area (Å²) in [6.45, 7) is -0.177. The molecule has 4 saturated carbocycles. The van der Waals surface area contributed by atoms with Crippen LogP contribution in [0.2, 0.25) is 5.02 Å². The lowest BCUT2D eigenvalue weighted by Crippen LogP contribution is -2.77. The summed E-state index contributed by atoms with van der Waals surface area (Å²) in [5.41, 5.74) is 0.302. The average Bonchev–Trinajstić information content (AvgIpc) is 3.08. The van der Waals surface area contributed by atoms with Crippen LogP contribution in [0.25, 0.3) is 5.69 Å². The van der Waals surface area contributed by atoms with Crippen molar-refractivity contribution in [1.29, 1.82) is 0 Å². The van der Waals surface area contributed by atoms with Crippen molar-refractivity contribution < 1.29 is 27.4 Å². The second-order valence-electron chi connectivity index (χ2n) is 8.61. The van der Waals surface area contributed by atoms with Crippen molar-refractivity contribution in [3.05, 3.63) is 35.1 Å². The molecule has 2 aromatic rings. The summed E-state index contributed by atoms with van der Waals surface area (Å²) in [6.07, 6.45) is -3.47. The fraction of sp³-hybridized carbons (Fsp3) is 0.579. The first kappa shape index (κ1) is 20.7. The highest BCUT2D eigenvalue weighted by Gasteiger charge is 2.71. The molecule has 0 saturated heterocycles. The molecule has 1 N–H and O–H groups in total. The Kier molecular flexibility index (Phi) is 4.76. The first-order valence-corrected chi connectivity index (χ1v) is 10.3. The van der Waals surface area contributed by atoms with Gasteiger partial charge in [-0.15, -0.1) is 28.2 Å². The third kappa shape index (κ3) is 4.01. The summed E-state index contributed by atoms with van der Waals surface area (Å²) in [5, 5.41) is 16.4. The van der Waals surface area contributed by atoms with Crippen LogP contribution in [0.1, 0.15) is 37.9 Å². The molecule has 0 aliphatic heterocycles. The Bertz CT molecular complexity index is 971. The minimum absolute atomic E-state index is 0.135. The summed E-state index contributed by atoms with van der Waals surface area (Å²) < 4.78 is 45.6. The van der Waals surface area contributed by atoms with Gasteiger partial charge in [0.05, 0.1) is 17.9 Å². The number of halogens is 4. The molecule has 0 atom stereocenters. The molecule has 12 heteroatoms. The van der Waals surface area contributed by atoms with Gasteiger partial charge in [-0.2, -0.15) is 0 Å². The van der Waals surface area contributed by atoms with Crippen molar-refractivity contribution >= 4 is 17.5 Å². The van der Waals surface area contributed by atoms with Crippen LogP contribution >= 0.6 is 11.6 Å². The number of nitrogens with one attached hydrogen (secondary N) is 1. The molecule has 1 amide bonds. The number of nitrogens with zero attached hydrogens (tertiary/aromatic N) is 4. The SMILES string of the molecule is O=C(COC1CC(OC(F)(F)F)C1)NC12CC(c3nnn(-c4ccc(Cl)cc4)n3)(C1)C2. The molecule has 1 aromatic carbocycles. The Labute approximate surface area is 180 Å². The Morgan fingerprint density at radius 3 is 2.52 bits per heavy atom. The number of ether oxygens (including phenoxy) is 2. The zero-order valence-electron chi connectivity index (χ0n) is 16.2. The van der Waals surface area contributed by atoms with Crippen molar-refractivity contribution in [2.45, 2.75) is 61.6 Å². The van der Waals surface area contributed by atoms with Gasteiger partial charge in [0.1, 0.15) is 6.61 Å². The Hall–Kier alpha value is -2.24. The third-order valence-electron chi connectivity index (χ3n) is 6.18. The average molecular weight is 458 g/mol. The maximum Gasteiger partial charge on any atom is 0.522 e. The summed E-state index contributed by atoms with van der Waals surface area (Å²) >= 11 is 5.90. The molecule has 4 aliphatic rings. The lowest BCUT2D eigenvalue weighted by atomic mass is 9.39. The summed E-state index contributed by atoms with van der Waals surface area (Å²) in [5.74, 6) is 0.381. The van der Waals surface area contributed by atoms with Crippen LogP contribution in [0.3, 0.4) is 0 Å². The number of hydrogen-bond donors (Lipinski definition) is 1. The fourth-order valence-corrected chi connectivity index (χ4v) is 4.86. The molecule has 0 spiro atoms. The molecule has 6 rings (SSSR count). The molecule has 8 nitrogen and oxygen atoms in total. The lowest BCUT2D eigenvalue weighted by Gasteiger charge is -2.68. The van der Waals surface area contributed by atoms with Crippen molar-refractivity contribution in [3.8, 4) is 5.69 Å². The number of carbonyl (C=O) groups is 1. The first-order chi connectivity index (χ1) is 14.6. The Morgan fingerprint density at radius 1 is 1.19 bits per heavy atom. The monoisotopic (exact) mass is 457 g/mol. The number of amides is 1. The van der Waals surface area contributed by atoms with Gasteiger partial charge in [-0.3, -0.25) is 9.53 Å². The fourth-order valence-electron chi connectivity index (χ4n) is 4.73. The van der Waals surface area contributed by atoms with Crippen LogP contribution in [-0.4, -0.2) is 56.8 Å². The van der Waals surface area contributed by atoms with Crippen LogP contribution in [0.4, 0.5) is 13.2 Å². The van der Waals surface area contributed by atoms with Gasteiger partial charge in [0.25, 0.3) is 0 Å². The van der Waals surface area contributed by atoms with Gasteiger partial charge in [-0.1, -0.05) is 11.6 Å². The minimum atomic E-state index is -4.64. The topological polar surface area (TPSA) is 91.2 Å². The van der Waals surface area contributed by atoms with E-state index in [1.807, 2.05) is 0 Å². The number of alkyl halides is 3. The minimum Gasteiger partial charge on any atom is -0.368 e. The Morgan fingerprint density at radius 2 is 1.87 bits per heavy atom. The van der Waals surface area contributed by atoms with Gasteiger partial charge < -0.3 is 10.1 Å². The van der Waals surface area contributed by atoms with Gasteiger partial charge in [-0.25, -0.2) is 0 Å². The van der Waals surface area contributed by atoms with Gasteiger partial charge in [0, 0.05) is 28.8 Å². The third-order valence-corrected chi connectivity index (χ3v) is 6.43. The van der Waals surface area contributed by atoms with Crippen molar-refractivity contribution in [2.75, 3.05) is 6.61 Å². The molecule has 1 aromatic heterocycles. The van der Waals surface area contributed by atoms with Crippen LogP contribution in [0, 0.1) is 0 Å². The lowest BCUT2D eigenvalue weighted by molar-refractivity contribution is -0.357. The van der Waals surface area contributed by atoms with E-state index in [9.17, 15) is 18.0 Å². The number of tetrazole rings is 1. The summed E-state index contributed by atoms with van der Waals surface area (Å²) in [7, 11) is 0. The molecule has 1 heterocycles. The number of aromatic nitrogens is 4. The number of benzene rings is 1. The summed E-state index contributed by atoms with van der Waals surface area (Å²) in [4.78, 5) is 13.6. The second-order valence-corrected chi connectivity index (χ2v) is 9.04. The van der Waals surface area contributed by atoms with Crippen molar-refractivity contribution in [2.24, 2.45) is 0 Å². The van der Waals surface area contributed by atoms with Crippen LogP contribution in [0.15, 0.2) is 24.3 Å². The Balaban J connectivity index is 1.06. The second kappa shape index (κ2) is 7.14. The molecule has 4 aliphatic carbocycles. The van der Waals surface area contributed by atoms with E-state index in [2.05, 4.69) is 25.5 Å². The molecule has 0 radical (unpaired) electrons. The molecule has 0 unspecified atom stereocenters. The van der Waals surface area contributed by atoms with Crippen molar-refractivity contribution in [3.63, 3.8) is 0 Å². The van der Waals surface area contributed by atoms with Crippen LogP contribution in [-0.2, 0) is 19.7 Å². The predicted octanol–water partition coefficient (Wildman–Crippen LogP) is 2.69. The quantitative estimate of drug-likeness (QED) is 0.687. The van der Waals surface area contributed by atoms with Crippen molar-refractivity contribution in [1.82, 2.24) is 25.5 Å². The predicted molar refractivity (Wildman–Crippen MR) is 100 cm³/mol. The zero-order chi connectivity index (χ0) is 21.9. The first-order valence-electron chi connectivity index (χ1n) is 9.87. The van der Waals surface area contributed by atoms with Gasteiger partial charge in [0.15, 0.2) is 5.82 Å². The molecule has 4 fully saturated rings. The van der Waals surface area contributed by atoms with E-state index in [4.69, 9.17) is 16.3 Å². The zero-order valence-corrected chi connectivity index (χ0v) is 17.0. The van der Waals surface area contributed by atoms with Gasteiger partial charge >= 0.3 is 6.36 Å². The van der Waals surface area contributed by atoms with E-state index >= 15 is 0 Å². The van der Waals surface area contributed by atoms with E-state index < -0.39 is 12.5 Å². The summed E-state index contributed by atoms with van der Waals surface area (Å²) in [6, 6.07) is 7.11. The van der Waals surface area contributed by atoms with Crippen LogP contribution < -0.4 is 5.32 Å².